The third-order valence-corrected chi connectivity index (χ3v) is 5.47. The number of ether oxygens (including phenoxy) is 2. The first-order chi connectivity index (χ1) is 14.1. The molecule has 2 aliphatic heterocycles. The van der Waals surface area contributed by atoms with Crippen LogP contribution in [0.1, 0.15) is 11.1 Å². The van der Waals surface area contributed by atoms with Crippen LogP contribution in [-0.2, 0) is 15.3 Å². The fourth-order valence-electron chi connectivity index (χ4n) is 3.57. The summed E-state index contributed by atoms with van der Waals surface area (Å²) in [5, 5.41) is 9.28. The van der Waals surface area contributed by atoms with Crippen LogP contribution in [0.2, 0.25) is 0 Å². The van der Waals surface area contributed by atoms with Gasteiger partial charge in [0.1, 0.15) is 5.75 Å². The van der Waals surface area contributed by atoms with Crippen molar-refractivity contribution in [2.45, 2.75) is 5.72 Å². The Balaban J connectivity index is 1.68. The standard InChI is InChI=1S/C22H16BrN3O3/c1-28-17-10-7-14(8-11-17)20-25-26(16-5-3-2-4-6-16)22(29-20)18-13-15(23)9-12-19(18)24-21(22)27/h2-13H,1H3,(H,24,27). The van der Waals surface area contributed by atoms with E-state index in [0.717, 1.165) is 21.5 Å². The number of fused-ring (bicyclic) bond motifs is 2. The maximum Gasteiger partial charge on any atom is 0.311 e. The number of nitrogens with zero attached hydrogens (tertiary/aromatic N) is 2. The minimum Gasteiger partial charge on any atom is -0.497 e. The van der Waals surface area contributed by atoms with Crippen LogP contribution in [0.5, 0.6) is 5.75 Å². The van der Waals surface area contributed by atoms with Crippen molar-refractivity contribution in [3.8, 4) is 5.75 Å². The summed E-state index contributed by atoms with van der Waals surface area (Å²) >= 11 is 3.50. The second kappa shape index (κ2) is 6.63. The number of hydrogen-bond acceptors (Lipinski definition) is 5. The number of rotatable bonds is 3. The molecule has 6 nitrogen and oxygen atoms in total. The molecular weight excluding hydrogens is 434 g/mol. The first-order valence-corrected chi connectivity index (χ1v) is 9.80. The van der Waals surface area contributed by atoms with E-state index < -0.39 is 5.72 Å². The molecule has 1 amide bonds. The third-order valence-electron chi connectivity index (χ3n) is 4.97. The van der Waals surface area contributed by atoms with Gasteiger partial charge in [-0.3, -0.25) is 4.79 Å². The number of para-hydroxylation sites is 1. The van der Waals surface area contributed by atoms with Gasteiger partial charge in [0.05, 0.1) is 24.0 Å². The number of hydrazone groups is 1. The van der Waals surface area contributed by atoms with Crippen molar-refractivity contribution in [2.75, 3.05) is 17.4 Å². The molecule has 7 heteroatoms. The lowest BCUT2D eigenvalue weighted by atomic mass is 10.0. The predicted octanol–water partition coefficient (Wildman–Crippen LogP) is 4.46. The van der Waals surface area contributed by atoms with Gasteiger partial charge < -0.3 is 14.8 Å². The van der Waals surface area contributed by atoms with Gasteiger partial charge in [-0.05, 0) is 54.6 Å². The monoisotopic (exact) mass is 449 g/mol. The highest BCUT2D eigenvalue weighted by Gasteiger charge is 2.59. The summed E-state index contributed by atoms with van der Waals surface area (Å²) in [5.41, 5.74) is 1.48. The van der Waals surface area contributed by atoms with Crippen LogP contribution >= 0.6 is 15.9 Å². The van der Waals surface area contributed by atoms with Crippen molar-refractivity contribution in [3.63, 3.8) is 0 Å². The molecule has 1 spiro atoms. The molecule has 3 aromatic carbocycles. The molecule has 0 bridgehead atoms. The van der Waals surface area contributed by atoms with Crippen molar-refractivity contribution >= 4 is 39.1 Å². The molecule has 0 saturated heterocycles. The van der Waals surface area contributed by atoms with Crippen LogP contribution < -0.4 is 15.1 Å². The molecular formula is C22H16BrN3O3. The average Bonchev–Trinajstić information content (AvgIpc) is 3.29. The summed E-state index contributed by atoms with van der Waals surface area (Å²) in [4.78, 5) is 13.2. The van der Waals surface area contributed by atoms with E-state index in [1.165, 1.54) is 0 Å². The van der Waals surface area contributed by atoms with Gasteiger partial charge in [-0.25, -0.2) is 5.01 Å². The molecule has 29 heavy (non-hydrogen) atoms. The van der Waals surface area contributed by atoms with Crippen molar-refractivity contribution in [1.82, 2.24) is 0 Å². The Morgan fingerprint density at radius 1 is 1.07 bits per heavy atom. The van der Waals surface area contributed by atoms with Gasteiger partial charge in [0.25, 0.3) is 5.91 Å². The van der Waals surface area contributed by atoms with E-state index in [2.05, 4.69) is 21.2 Å². The lowest BCUT2D eigenvalue weighted by Crippen LogP contribution is -2.47. The largest absolute Gasteiger partial charge is 0.497 e. The number of anilines is 2. The summed E-state index contributed by atoms with van der Waals surface area (Å²) < 4.78 is 12.4. The van der Waals surface area contributed by atoms with Gasteiger partial charge in [-0.15, -0.1) is 5.10 Å². The van der Waals surface area contributed by atoms with E-state index in [0.29, 0.717) is 17.1 Å². The van der Waals surface area contributed by atoms with E-state index in [1.807, 2.05) is 72.8 Å². The Morgan fingerprint density at radius 2 is 1.83 bits per heavy atom. The molecule has 144 valence electrons. The number of benzene rings is 3. The van der Waals surface area contributed by atoms with E-state index in [-0.39, 0.29) is 5.91 Å². The summed E-state index contributed by atoms with van der Waals surface area (Å²) in [6, 6.07) is 22.5. The Hall–Kier alpha value is -3.32. The van der Waals surface area contributed by atoms with E-state index in [9.17, 15) is 4.79 Å². The Bertz CT molecular complexity index is 1130. The van der Waals surface area contributed by atoms with Crippen LogP contribution in [0.15, 0.2) is 82.4 Å². The van der Waals surface area contributed by atoms with Crippen LogP contribution in [0.25, 0.3) is 0 Å². The quantitative estimate of drug-likeness (QED) is 0.640. The molecule has 1 atom stereocenters. The van der Waals surface area contributed by atoms with Crippen LogP contribution in [0.3, 0.4) is 0 Å². The summed E-state index contributed by atoms with van der Waals surface area (Å²) in [6.07, 6.45) is 0. The molecule has 0 radical (unpaired) electrons. The van der Waals surface area contributed by atoms with Gasteiger partial charge in [0, 0.05) is 10.0 Å². The lowest BCUT2D eigenvalue weighted by molar-refractivity contribution is -0.130. The van der Waals surface area contributed by atoms with Gasteiger partial charge in [-0.2, -0.15) is 0 Å². The normalized spacial score (nSPS) is 19.6. The summed E-state index contributed by atoms with van der Waals surface area (Å²) in [5.74, 6) is 0.802. The SMILES string of the molecule is COc1ccc(C2=NN(c3ccccc3)C3(O2)C(=O)Nc2ccc(Br)cc23)cc1. The van der Waals surface area contributed by atoms with Gasteiger partial charge in [0.15, 0.2) is 0 Å². The lowest BCUT2D eigenvalue weighted by Gasteiger charge is -2.30. The van der Waals surface area contributed by atoms with Gasteiger partial charge in [-0.1, -0.05) is 34.1 Å². The molecule has 3 aromatic rings. The number of nitrogens with one attached hydrogen (secondary N) is 1. The number of halogens is 1. The molecule has 0 saturated carbocycles. The zero-order valence-electron chi connectivity index (χ0n) is 15.4. The number of methoxy groups -OCH3 is 1. The summed E-state index contributed by atoms with van der Waals surface area (Å²) in [7, 11) is 1.61. The zero-order chi connectivity index (χ0) is 20.0. The van der Waals surface area contributed by atoms with Crippen LogP contribution in [0.4, 0.5) is 11.4 Å². The maximum absolute atomic E-state index is 13.2. The summed E-state index contributed by atoms with van der Waals surface area (Å²) in [6.45, 7) is 0. The van der Waals surface area contributed by atoms with E-state index in [4.69, 9.17) is 14.6 Å². The number of carbonyl (C=O) groups is 1. The molecule has 1 N–H and O–H groups in total. The second-order valence-corrected chi connectivity index (χ2v) is 7.59. The smallest absolute Gasteiger partial charge is 0.311 e. The molecule has 5 rings (SSSR count). The number of hydrogen-bond donors (Lipinski definition) is 1. The predicted molar refractivity (Wildman–Crippen MR) is 114 cm³/mol. The van der Waals surface area contributed by atoms with Crippen molar-refractivity contribution in [3.05, 3.63) is 88.4 Å². The fraction of sp³-hybridized carbons (Fsp3) is 0.0909. The second-order valence-electron chi connectivity index (χ2n) is 6.67. The first-order valence-electron chi connectivity index (χ1n) is 9.00. The molecule has 0 fully saturated rings. The highest BCUT2D eigenvalue weighted by atomic mass is 79.9. The Morgan fingerprint density at radius 3 is 2.55 bits per heavy atom. The first kappa shape index (κ1) is 17.8. The molecule has 2 aliphatic rings. The molecule has 2 heterocycles. The average molecular weight is 450 g/mol. The number of carbonyl (C=O) groups excluding carboxylic acids is 1. The Labute approximate surface area is 175 Å². The molecule has 0 aliphatic carbocycles. The fourth-order valence-corrected chi connectivity index (χ4v) is 3.93. The minimum absolute atomic E-state index is 0.290. The molecule has 1 unspecified atom stereocenters. The van der Waals surface area contributed by atoms with Crippen molar-refractivity contribution < 1.29 is 14.3 Å². The minimum atomic E-state index is -1.42. The highest BCUT2D eigenvalue weighted by Crippen LogP contribution is 2.48. The highest BCUT2D eigenvalue weighted by molar-refractivity contribution is 9.10. The Kier molecular flexibility index (Phi) is 4.06. The topological polar surface area (TPSA) is 63.2 Å². The third kappa shape index (κ3) is 2.69. The van der Waals surface area contributed by atoms with E-state index >= 15 is 0 Å². The van der Waals surface area contributed by atoms with E-state index in [1.54, 1.807) is 12.1 Å². The zero-order valence-corrected chi connectivity index (χ0v) is 17.0. The van der Waals surface area contributed by atoms with Crippen molar-refractivity contribution in [2.24, 2.45) is 5.10 Å². The number of amides is 1. The van der Waals surface area contributed by atoms with Gasteiger partial charge >= 0.3 is 5.72 Å². The molecule has 0 aromatic heterocycles. The van der Waals surface area contributed by atoms with Crippen LogP contribution in [0, 0.1) is 0 Å². The van der Waals surface area contributed by atoms with Gasteiger partial charge in [0.2, 0.25) is 5.90 Å². The maximum atomic E-state index is 13.2. The van der Waals surface area contributed by atoms with Crippen molar-refractivity contribution in [1.29, 1.82) is 0 Å². The van der Waals surface area contributed by atoms with Crippen LogP contribution in [-0.4, -0.2) is 18.9 Å².